The molecule has 0 amide bonds. The zero-order chi connectivity index (χ0) is 9.97. The number of halogens is 1. The van der Waals surface area contributed by atoms with E-state index in [1.165, 1.54) is 12.8 Å². The van der Waals surface area contributed by atoms with Crippen molar-refractivity contribution in [3.63, 3.8) is 0 Å². The van der Waals surface area contributed by atoms with E-state index in [1.807, 2.05) is 12.4 Å². The topological polar surface area (TPSA) is 29.0 Å². The van der Waals surface area contributed by atoms with Gasteiger partial charge in [-0.05, 0) is 34.7 Å². The fraction of sp³-hybridized carbons (Fsp3) is 0.600. The third-order valence-corrected chi connectivity index (χ3v) is 2.96. The van der Waals surface area contributed by atoms with Crippen molar-refractivity contribution >= 4 is 21.9 Å². The maximum atomic E-state index is 4.30. The molecule has 1 aromatic heterocycles. The highest BCUT2D eigenvalue weighted by Gasteiger charge is 2.17. The second kappa shape index (κ2) is 4.26. The summed E-state index contributed by atoms with van der Waals surface area (Å²) in [5, 5.41) is 0. The van der Waals surface area contributed by atoms with Gasteiger partial charge in [0, 0.05) is 25.5 Å². The Kier molecular flexibility index (Phi) is 3.01. The molecule has 1 aliphatic rings. The van der Waals surface area contributed by atoms with Crippen LogP contribution in [0.25, 0.3) is 0 Å². The smallest absolute Gasteiger partial charge is 0.225 e. The van der Waals surface area contributed by atoms with Crippen molar-refractivity contribution in [2.75, 3.05) is 18.0 Å². The molecule has 0 bridgehead atoms. The number of piperidine rings is 1. The monoisotopic (exact) mass is 255 g/mol. The largest absolute Gasteiger partial charge is 0.341 e. The van der Waals surface area contributed by atoms with Gasteiger partial charge < -0.3 is 4.90 Å². The summed E-state index contributed by atoms with van der Waals surface area (Å²) in [5.74, 6) is 1.62. The standard InChI is InChI=1S/C10H14BrN3/c1-8-3-2-4-14(7-8)10-12-5-9(11)6-13-10/h5-6,8H,2-4,7H2,1H3/t8-/m0/s1. The van der Waals surface area contributed by atoms with Gasteiger partial charge in [0.15, 0.2) is 0 Å². The van der Waals surface area contributed by atoms with Gasteiger partial charge in [0.05, 0.1) is 4.47 Å². The van der Waals surface area contributed by atoms with E-state index in [9.17, 15) is 0 Å². The normalized spacial score (nSPS) is 22.4. The van der Waals surface area contributed by atoms with Gasteiger partial charge in [0.1, 0.15) is 0 Å². The second-order valence-corrected chi connectivity index (χ2v) is 4.81. The fourth-order valence-corrected chi connectivity index (χ4v) is 2.04. The molecule has 1 saturated heterocycles. The van der Waals surface area contributed by atoms with Crippen LogP contribution in [0.1, 0.15) is 19.8 Å². The lowest BCUT2D eigenvalue weighted by Crippen LogP contribution is -2.35. The summed E-state index contributed by atoms with van der Waals surface area (Å²) in [5.41, 5.74) is 0. The molecule has 0 saturated carbocycles. The molecule has 14 heavy (non-hydrogen) atoms. The van der Waals surface area contributed by atoms with Gasteiger partial charge in [-0.1, -0.05) is 6.92 Å². The van der Waals surface area contributed by atoms with Gasteiger partial charge in [-0.15, -0.1) is 0 Å². The summed E-state index contributed by atoms with van der Waals surface area (Å²) in [7, 11) is 0. The molecule has 0 aliphatic carbocycles. The maximum absolute atomic E-state index is 4.30. The zero-order valence-electron chi connectivity index (χ0n) is 8.28. The molecule has 0 unspecified atom stereocenters. The van der Waals surface area contributed by atoms with Gasteiger partial charge >= 0.3 is 0 Å². The molecular weight excluding hydrogens is 242 g/mol. The molecular formula is C10H14BrN3. The first-order chi connectivity index (χ1) is 6.75. The van der Waals surface area contributed by atoms with Gasteiger partial charge in [-0.25, -0.2) is 9.97 Å². The van der Waals surface area contributed by atoms with Crippen LogP contribution in [-0.4, -0.2) is 23.1 Å². The third-order valence-electron chi connectivity index (χ3n) is 2.55. The van der Waals surface area contributed by atoms with Gasteiger partial charge in [-0.2, -0.15) is 0 Å². The van der Waals surface area contributed by atoms with E-state index in [1.54, 1.807) is 0 Å². The first kappa shape index (κ1) is 9.90. The molecule has 0 aromatic carbocycles. The molecule has 2 rings (SSSR count). The molecule has 3 nitrogen and oxygen atoms in total. The van der Waals surface area contributed by atoms with E-state index in [0.717, 1.165) is 29.4 Å². The summed E-state index contributed by atoms with van der Waals surface area (Å²) in [6.07, 6.45) is 6.19. The Balaban J connectivity index is 2.10. The molecule has 0 spiro atoms. The van der Waals surface area contributed by atoms with Crippen molar-refractivity contribution in [1.82, 2.24) is 9.97 Å². The van der Waals surface area contributed by atoms with Crippen molar-refractivity contribution in [2.24, 2.45) is 5.92 Å². The molecule has 0 N–H and O–H groups in total. The van der Waals surface area contributed by atoms with Gasteiger partial charge in [-0.3, -0.25) is 0 Å². The minimum absolute atomic E-state index is 0.760. The Hall–Kier alpha value is -0.640. The second-order valence-electron chi connectivity index (χ2n) is 3.89. The van der Waals surface area contributed by atoms with Crippen LogP contribution in [0.3, 0.4) is 0 Å². The molecule has 1 aromatic rings. The number of rotatable bonds is 1. The summed E-state index contributed by atoms with van der Waals surface area (Å²) in [6.45, 7) is 4.46. The number of hydrogen-bond acceptors (Lipinski definition) is 3. The molecule has 76 valence electrons. The number of anilines is 1. The Labute approximate surface area is 92.7 Å². The van der Waals surface area contributed by atoms with Gasteiger partial charge in [0.2, 0.25) is 5.95 Å². The van der Waals surface area contributed by atoms with E-state index in [2.05, 4.69) is 37.7 Å². The summed E-state index contributed by atoms with van der Waals surface area (Å²) >= 11 is 3.34. The van der Waals surface area contributed by atoms with E-state index in [4.69, 9.17) is 0 Å². The molecule has 1 aliphatic heterocycles. The lowest BCUT2D eigenvalue weighted by Gasteiger charge is -2.30. The van der Waals surface area contributed by atoms with Gasteiger partial charge in [0.25, 0.3) is 0 Å². The van der Waals surface area contributed by atoms with Crippen LogP contribution in [0.4, 0.5) is 5.95 Å². The SMILES string of the molecule is C[C@H]1CCCN(c2ncc(Br)cn2)C1. The summed E-state index contributed by atoms with van der Waals surface area (Å²) in [4.78, 5) is 10.9. The van der Waals surface area contributed by atoms with Crippen LogP contribution in [-0.2, 0) is 0 Å². The Bertz CT molecular complexity index is 299. The van der Waals surface area contributed by atoms with Crippen molar-refractivity contribution in [3.05, 3.63) is 16.9 Å². The number of hydrogen-bond donors (Lipinski definition) is 0. The highest BCUT2D eigenvalue weighted by molar-refractivity contribution is 9.10. The fourth-order valence-electron chi connectivity index (χ4n) is 1.84. The van der Waals surface area contributed by atoms with Crippen LogP contribution >= 0.6 is 15.9 Å². The quantitative estimate of drug-likeness (QED) is 0.772. The lowest BCUT2D eigenvalue weighted by molar-refractivity contribution is 0.442. The minimum atomic E-state index is 0.760. The summed E-state index contributed by atoms with van der Waals surface area (Å²) in [6, 6.07) is 0. The van der Waals surface area contributed by atoms with E-state index in [0.29, 0.717) is 0 Å². The van der Waals surface area contributed by atoms with Crippen molar-refractivity contribution in [1.29, 1.82) is 0 Å². The van der Waals surface area contributed by atoms with Crippen LogP contribution in [0.15, 0.2) is 16.9 Å². The van der Waals surface area contributed by atoms with Crippen LogP contribution in [0, 0.1) is 5.92 Å². The van der Waals surface area contributed by atoms with E-state index in [-0.39, 0.29) is 0 Å². The van der Waals surface area contributed by atoms with Crippen molar-refractivity contribution in [2.45, 2.75) is 19.8 Å². The Morgan fingerprint density at radius 1 is 1.43 bits per heavy atom. The molecule has 2 heterocycles. The molecule has 1 fully saturated rings. The first-order valence-corrected chi connectivity index (χ1v) is 5.77. The predicted octanol–water partition coefficient (Wildman–Crippen LogP) is 2.48. The van der Waals surface area contributed by atoms with Crippen LogP contribution < -0.4 is 4.90 Å². The van der Waals surface area contributed by atoms with E-state index < -0.39 is 0 Å². The highest BCUT2D eigenvalue weighted by atomic mass is 79.9. The highest BCUT2D eigenvalue weighted by Crippen LogP contribution is 2.19. The van der Waals surface area contributed by atoms with Crippen LogP contribution in [0.5, 0.6) is 0 Å². The number of aromatic nitrogens is 2. The first-order valence-electron chi connectivity index (χ1n) is 4.98. The Morgan fingerprint density at radius 2 is 2.14 bits per heavy atom. The molecule has 1 atom stereocenters. The third kappa shape index (κ3) is 2.23. The lowest BCUT2D eigenvalue weighted by atomic mass is 10.0. The average Bonchev–Trinajstić information content (AvgIpc) is 2.19. The molecule has 4 heteroatoms. The zero-order valence-corrected chi connectivity index (χ0v) is 9.87. The Morgan fingerprint density at radius 3 is 2.79 bits per heavy atom. The van der Waals surface area contributed by atoms with Crippen molar-refractivity contribution < 1.29 is 0 Å². The molecule has 0 radical (unpaired) electrons. The van der Waals surface area contributed by atoms with E-state index >= 15 is 0 Å². The average molecular weight is 256 g/mol. The summed E-state index contributed by atoms with van der Waals surface area (Å²) < 4.78 is 0.936. The van der Waals surface area contributed by atoms with Crippen LogP contribution in [0.2, 0.25) is 0 Å². The predicted molar refractivity (Wildman–Crippen MR) is 60.3 cm³/mol. The number of nitrogens with zero attached hydrogens (tertiary/aromatic N) is 3. The minimum Gasteiger partial charge on any atom is -0.341 e. The van der Waals surface area contributed by atoms with Crippen molar-refractivity contribution in [3.8, 4) is 0 Å². The maximum Gasteiger partial charge on any atom is 0.225 e.